The first-order chi connectivity index (χ1) is 9.20. The Bertz CT molecular complexity index is 548. The van der Waals surface area contributed by atoms with E-state index in [2.05, 4.69) is 44.5 Å². The molecule has 1 aliphatic carbocycles. The third-order valence-electron chi connectivity index (χ3n) is 3.56. The van der Waals surface area contributed by atoms with E-state index in [0.29, 0.717) is 0 Å². The van der Waals surface area contributed by atoms with E-state index in [4.69, 9.17) is 0 Å². The number of hydrogen-bond donors (Lipinski definition) is 1. The fraction of sp³-hybridized carbons (Fsp3) is 0.538. The SMILES string of the molecule is CCNC(c1cc2c(s1)CCC2)c1c(Br)nnn1C. The predicted molar refractivity (Wildman–Crippen MR) is 80.6 cm³/mol. The van der Waals surface area contributed by atoms with E-state index in [1.165, 1.54) is 29.7 Å². The molecule has 0 radical (unpaired) electrons. The van der Waals surface area contributed by atoms with Crippen LogP contribution in [0.5, 0.6) is 0 Å². The highest BCUT2D eigenvalue weighted by Gasteiger charge is 2.25. The maximum atomic E-state index is 4.10. The van der Waals surface area contributed by atoms with Crippen LogP contribution in [0.15, 0.2) is 10.7 Å². The van der Waals surface area contributed by atoms with Crippen molar-refractivity contribution in [2.45, 2.75) is 32.2 Å². The molecule has 2 heterocycles. The zero-order valence-electron chi connectivity index (χ0n) is 11.1. The highest BCUT2D eigenvalue weighted by molar-refractivity contribution is 9.10. The van der Waals surface area contributed by atoms with E-state index in [1.54, 1.807) is 4.88 Å². The van der Waals surface area contributed by atoms with Gasteiger partial charge < -0.3 is 5.32 Å². The molecular weight excluding hydrogens is 324 g/mol. The maximum absolute atomic E-state index is 4.10. The summed E-state index contributed by atoms with van der Waals surface area (Å²) in [5, 5.41) is 11.7. The Balaban J connectivity index is 2.00. The summed E-state index contributed by atoms with van der Waals surface area (Å²) in [6, 6.07) is 2.54. The first-order valence-electron chi connectivity index (χ1n) is 6.60. The molecule has 4 nitrogen and oxygen atoms in total. The van der Waals surface area contributed by atoms with Crippen LogP contribution in [0.4, 0.5) is 0 Å². The lowest BCUT2D eigenvalue weighted by Crippen LogP contribution is -2.23. The van der Waals surface area contributed by atoms with Gasteiger partial charge in [-0.25, -0.2) is 4.68 Å². The summed E-state index contributed by atoms with van der Waals surface area (Å²) in [4.78, 5) is 2.93. The van der Waals surface area contributed by atoms with Crippen LogP contribution >= 0.6 is 27.3 Å². The molecule has 19 heavy (non-hydrogen) atoms. The number of aryl methyl sites for hydroxylation is 3. The second-order valence-electron chi connectivity index (χ2n) is 4.83. The minimum atomic E-state index is 0.176. The quantitative estimate of drug-likeness (QED) is 0.930. The predicted octanol–water partition coefficient (Wildman–Crippen LogP) is 2.83. The van der Waals surface area contributed by atoms with Crippen LogP contribution in [0.3, 0.4) is 0 Å². The molecule has 0 aromatic carbocycles. The first-order valence-corrected chi connectivity index (χ1v) is 8.21. The Kier molecular flexibility index (Phi) is 3.73. The molecule has 2 aromatic heterocycles. The second kappa shape index (κ2) is 5.34. The summed E-state index contributed by atoms with van der Waals surface area (Å²) in [7, 11) is 1.94. The van der Waals surface area contributed by atoms with Gasteiger partial charge in [-0.2, -0.15) is 0 Å². The average Bonchev–Trinajstić information content (AvgIpc) is 3.02. The van der Waals surface area contributed by atoms with Crippen molar-refractivity contribution in [3.63, 3.8) is 0 Å². The van der Waals surface area contributed by atoms with Crippen molar-refractivity contribution in [2.24, 2.45) is 7.05 Å². The number of nitrogens with zero attached hydrogens (tertiary/aromatic N) is 3. The number of hydrogen-bond acceptors (Lipinski definition) is 4. The molecule has 1 unspecified atom stereocenters. The molecule has 0 spiro atoms. The molecule has 102 valence electrons. The third kappa shape index (κ3) is 2.37. The van der Waals surface area contributed by atoms with Crippen molar-refractivity contribution >= 4 is 27.3 Å². The van der Waals surface area contributed by atoms with E-state index in [-0.39, 0.29) is 6.04 Å². The van der Waals surface area contributed by atoms with E-state index < -0.39 is 0 Å². The molecule has 0 aliphatic heterocycles. The topological polar surface area (TPSA) is 42.7 Å². The molecule has 0 saturated carbocycles. The summed E-state index contributed by atoms with van der Waals surface area (Å²) >= 11 is 5.45. The van der Waals surface area contributed by atoms with Gasteiger partial charge in [0.2, 0.25) is 0 Å². The molecule has 0 amide bonds. The van der Waals surface area contributed by atoms with Gasteiger partial charge in [-0.3, -0.25) is 0 Å². The molecule has 1 N–H and O–H groups in total. The Morgan fingerprint density at radius 2 is 2.37 bits per heavy atom. The summed E-state index contributed by atoms with van der Waals surface area (Å²) < 4.78 is 2.68. The van der Waals surface area contributed by atoms with Crippen molar-refractivity contribution in [2.75, 3.05) is 6.54 Å². The van der Waals surface area contributed by atoms with Crippen LogP contribution in [0.1, 0.15) is 40.4 Å². The van der Waals surface area contributed by atoms with Crippen LogP contribution in [0.2, 0.25) is 0 Å². The van der Waals surface area contributed by atoms with E-state index >= 15 is 0 Å². The number of thiophene rings is 1. The van der Waals surface area contributed by atoms with Gasteiger partial charge in [-0.15, -0.1) is 16.4 Å². The number of nitrogens with one attached hydrogen (secondary N) is 1. The molecule has 3 rings (SSSR count). The number of fused-ring (bicyclic) bond motifs is 1. The van der Waals surface area contributed by atoms with Gasteiger partial charge in [-0.05, 0) is 53.4 Å². The van der Waals surface area contributed by atoms with Gasteiger partial charge in [0.1, 0.15) is 0 Å². The summed E-state index contributed by atoms with van der Waals surface area (Å²) in [5.74, 6) is 0. The number of rotatable bonds is 4. The lowest BCUT2D eigenvalue weighted by molar-refractivity contribution is 0.573. The first kappa shape index (κ1) is 13.3. The van der Waals surface area contributed by atoms with E-state index in [0.717, 1.165) is 16.8 Å². The summed E-state index contributed by atoms with van der Waals surface area (Å²) in [5.41, 5.74) is 2.64. The normalized spacial score (nSPS) is 15.7. The molecule has 0 fully saturated rings. The van der Waals surface area contributed by atoms with Gasteiger partial charge >= 0.3 is 0 Å². The van der Waals surface area contributed by atoms with Crippen molar-refractivity contribution < 1.29 is 0 Å². The third-order valence-corrected chi connectivity index (χ3v) is 5.43. The molecule has 0 saturated heterocycles. The van der Waals surface area contributed by atoms with Gasteiger partial charge in [0, 0.05) is 16.8 Å². The average molecular weight is 341 g/mol. The summed E-state index contributed by atoms with van der Waals surface area (Å²) in [6.45, 7) is 3.05. The summed E-state index contributed by atoms with van der Waals surface area (Å²) in [6.07, 6.45) is 3.78. The van der Waals surface area contributed by atoms with Gasteiger partial charge in [0.15, 0.2) is 4.60 Å². The number of halogens is 1. The smallest absolute Gasteiger partial charge is 0.153 e. The molecule has 1 aliphatic rings. The lowest BCUT2D eigenvalue weighted by Gasteiger charge is -2.16. The molecule has 6 heteroatoms. The van der Waals surface area contributed by atoms with Crippen molar-refractivity contribution in [1.82, 2.24) is 20.3 Å². The van der Waals surface area contributed by atoms with Gasteiger partial charge in [-0.1, -0.05) is 12.1 Å². The maximum Gasteiger partial charge on any atom is 0.153 e. The Morgan fingerprint density at radius 1 is 1.53 bits per heavy atom. The largest absolute Gasteiger partial charge is 0.305 e. The second-order valence-corrected chi connectivity index (χ2v) is 6.75. The molecule has 0 bridgehead atoms. The van der Waals surface area contributed by atoms with Crippen LogP contribution in [0, 0.1) is 0 Å². The minimum absolute atomic E-state index is 0.176. The molecular formula is C13H17BrN4S. The Hall–Kier alpha value is -0.720. The van der Waals surface area contributed by atoms with Crippen LogP contribution < -0.4 is 5.32 Å². The van der Waals surface area contributed by atoms with Crippen molar-refractivity contribution in [1.29, 1.82) is 0 Å². The Labute approximate surface area is 125 Å². The zero-order valence-corrected chi connectivity index (χ0v) is 13.5. The highest BCUT2D eigenvalue weighted by Crippen LogP contribution is 2.37. The highest BCUT2D eigenvalue weighted by atomic mass is 79.9. The fourth-order valence-electron chi connectivity index (χ4n) is 2.68. The molecule has 1 atom stereocenters. The molecule has 2 aromatic rings. The van der Waals surface area contributed by atoms with Crippen LogP contribution in [0.25, 0.3) is 0 Å². The minimum Gasteiger partial charge on any atom is -0.305 e. The van der Waals surface area contributed by atoms with E-state index in [9.17, 15) is 0 Å². The number of aromatic nitrogens is 3. The van der Waals surface area contributed by atoms with Crippen molar-refractivity contribution in [3.05, 3.63) is 31.7 Å². The zero-order chi connectivity index (χ0) is 13.4. The van der Waals surface area contributed by atoms with Crippen molar-refractivity contribution in [3.8, 4) is 0 Å². The van der Waals surface area contributed by atoms with Crippen LogP contribution in [-0.4, -0.2) is 21.5 Å². The van der Waals surface area contributed by atoms with Crippen LogP contribution in [-0.2, 0) is 19.9 Å². The van der Waals surface area contributed by atoms with Gasteiger partial charge in [0.25, 0.3) is 0 Å². The fourth-order valence-corrected chi connectivity index (χ4v) is 4.57. The lowest BCUT2D eigenvalue weighted by atomic mass is 10.1. The monoisotopic (exact) mass is 340 g/mol. The standard InChI is InChI=1S/C13H17BrN4S/c1-3-15-11(12-13(14)16-17-18(12)2)10-7-8-5-4-6-9(8)19-10/h7,11,15H,3-6H2,1-2H3. The van der Waals surface area contributed by atoms with Gasteiger partial charge in [0.05, 0.1) is 11.7 Å². The van der Waals surface area contributed by atoms with E-state index in [1.807, 2.05) is 23.1 Å². The Morgan fingerprint density at radius 3 is 3.00 bits per heavy atom.